The topological polar surface area (TPSA) is 63.7 Å². The fourth-order valence-corrected chi connectivity index (χ4v) is 2.26. The van der Waals surface area contributed by atoms with Gasteiger partial charge in [0.25, 0.3) is 5.91 Å². The molecular formula is C16H17N3O3. The number of benzene rings is 1. The van der Waals surface area contributed by atoms with Gasteiger partial charge in [0.1, 0.15) is 5.82 Å². The highest BCUT2D eigenvalue weighted by molar-refractivity contribution is 5.98. The lowest BCUT2D eigenvalue weighted by Crippen LogP contribution is -2.25. The van der Waals surface area contributed by atoms with Gasteiger partial charge in [-0.15, -0.1) is 0 Å². The largest absolute Gasteiger partial charge is 0.454 e. The number of ether oxygens (including phenoxy) is 2. The number of nitrogens with zero attached hydrogens (tertiary/aromatic N) is 2. The Labute approximate surface area is 128 Å². The van der Waals surface area contributed by atoms with Crippen LogP contribution in [0.2, 0.25) is 0 Å². The molecule has 0 aliphatic carbocycles. The van der Waals surface area contributed by atoms with E-state index in [-0.39, 0.29) is 12.7 Å². The van der Waals surface area contributed by atoms with Crippen LogP contribution < -0.4 is 19.7 Å². The summed E-state index contributed by atoms with van der Waals surface area (Å²) in [6.07, 6.45) is 1.67. The molecule has 6 nitrogen and oxygen atoms in total. The molecule has 6 heteroatoms. The maximum atomic E-state index is 12.3. The van der Waals surface area contributed by atoms with Crippen LogP contribution in [0.25, 0.3) is 0 Å². The van der Waals surface area contributed by atoms with Gasteiger partial charge in [0, 0.05) is 26.8 Å². The lowest BCUT2D eigenvalue weighted by atomic mass is 10.2. The molecule has 0 saturated carbocycles. The van der Waals surface area contributed by atoms with E-state index in [4.69, 9.17) is 9.47 Å². The predicted molar refractivity (Wildman–Crippen MR) is 82.3 cm³/mol. The van der Waals surface area contributed by atoms with E-state index in [2.05, 4.69) is 10.3 Å². The first kappa shape index (κ1) is 14.2. The Hall–Kier alpha value is -2.76. The Morgan fingerprint density at radius 3 is 2.91 bits per heavy atom. The van der Waals surface area contributed by atoms with E-state index in [0.29, 0.717) is 23.7 Å². The Kier molecular flexibility index (Phi) is 3.82. The van der Waals surface area contributed by atoms with Crippen LogP contribution in [0.3, 0.4) is 0 Å². The van der Waals surface area contributed by atoms with Crippen LogP contribution in [0.1, 0.15) is 15.9 Å². The van der Waals surface area contributed by atoms with E-state index in [0.717, 1.165) is 11.3 Å². The van der Waals surface area contributed by atoms with Crippen LogP contribution >= 0.6 is 0 Å². The van der Waals surface area contributed by atoms with E-state index in [1.54, 1.807) is 18.3 Å². The summed E-state index contributed by atoms with van der Waals surface area (Å²) in [5.74, 6) is 1.93. The first-order chi connectivity index (χ1) is 10.6. The molecule has 1 amide bonds. The monoisotopic (exact) mass is 299 g/mol. The fourth-order valence-electron chi connectivity index (χ4n) is 2.26. The predicted octanol–water partition coefficient (Wildman–Crippen LogP) is 1.81. The number of fused-ring (bicyclic) bond motifs is 1. The summed E-state index contributed by atoms with van der Waals surface area (Å²) in [7, 11) is 3.72. The summed E-state index contributed by atoms with van der Waals surface area (Å²) < 4.78 is 10.6. The molecule has 3 rings (SSSR count). The highest BCUT2D eigenvalue weighted by atomic mass is 16.7. The summed E-state index contributed by atoms with van der Waals surface area (Å²) in [4.78, 5) is 18.4. The molecule has 1 N–H and O–H groups in total. The third kappa shape index (κ3) is 2.81. The van der Waals surface area contributed by atoms with Gasteiger partial charge in [-0.2, -0.15) is 0 Å². The minimum atomic E-state index is -0.158. The fraction of sp³-hybridized carbons (Fsp3) is 0.250. The normalized spacial score (nSPS) is 12.1. The third-order valence-corrected chi connectivity index (χ3v) is 3.34. The van der Waals surface area contributed by atoms with Gasteiger partial charge in [0.05, 0.1) is 5.56 Å². The van der Waals surface area contributed by atoms with Crippen molar-refractivity contribution in [2.45, 2.75) is 6.54 Å². The van der Waals surface area contributed by atoms with Crippen LogP contribution in [-0.2, 0) is 6.54 Å². The van der Waals surface area contributed by atoms with E-state index < -0.39 is 0 Å². The molecule has 22 heavy (non-hydrogen) atoms. The minimum Gasteiger partial charge on any atom is -0.454 e. The quantitative estimate of drug-likeness (QED) is 0.933. The van der Waals surface area contributed by atoms with Crippen LogP contribution in [0.4, 0.5) is 5.82 Å². The number of pyridine rings is 1. The van der Waals surface area contributed by atoms with E-state index in [9.17, 15) is 4.79 Å². The van der Waals surface area contributed by atoms with Crippen molar-refractivity contribution in [3.8, 4) is 11.5 Å². The van der Waals surface area contributed by atoms with Crippen molar-refractivity contribution < 1.29 is 14.3 Å². The average Bonchev–Trinajstić information content (AvgIpc) is 3.00. The van der Waals surface area contributed by atoms with Crippen molar-refractivity contribution >= 4 is 11.7 Å². The number of amides is 1. The van der Waals surface area contributed by atoms with E-state index >= 15 is 0 Å². The van der Waals surface area contributed by atoms with Gasteiger partial charge >= 0.3 is 0 Å². The molecule has 0 saturated heterocycles. The van der Waals surface area contributed by atoms with Gasteiger partial charge < -0.3 is 19.7 Å². The molecule has 0 bridgehead atoms. The second-order valence-corrected chi connectivity index (χ2v) is 5.14. The van der Waals surface area contributed by atoms with E-state index in [1.807, 2.05) is 37.2 Å². The Bertz CT molecular complexity index is 701. The lowest BCUT2D eigenvalue weighted by molar-refractivity contribution is 0.0951. The number of hydrogen-bond acceptors (Lipinski definition) is 5. The van der Waals surface area contributed by atoms with Gasteiger partial charge in [-0.1, -0.05) is 6.07 Å². The molecule has 0 spiro atoms. The maximum Gasteiger partial charge on any atom is 0.255 e. The summed E-state index contributed by atoms with van der Waals surface area (Å²) in [5.41, 5.74) is 1.50. The molecule has 1 aliphatic rings. The zero-order valence-corrected chi connectivity index (χ0v) is 12.5. The number of nitrogens with one attached hydrogen (secondary N) is 1. The number of hydrogen-bond donors (Lipinski definition) is 1. The zero-order chi connectivity index (χ0) is 15.5. The Morgan fingerprint density at radius 1 is 1.27 bits per heavy atom. The van der Waals surface area contributed by atoms with Gasteiger partial charge in [-0.25, -0.2) is 4.98 Å². The first-order valence-electron chi connectivity index (χ1n) is 6.94. The van der Waals surface area contributed by atoms with Crippen LogP contribution in [-0.4, -0.2) is 31.8 Å². The molecule has 0 fully saturated rings. The second-order valence-electron chi connectivity index (χ2n) is 5.14. The molecule has 2 heterocycles. The van der Waals surface area contributed by atoms with Crippen molar-refractivity contribution in [2.75, 3.05) is 25.8 Å². The van der Waals surface area contributed by atoms with Crippen molar-refractivity contribution in [1.82, 2.24) is 10.3 Å². The van der Waals surface area contributed by atoms with Gasteiger partial charge in [0.15, 0.2) is 11.5 Å². The Balaban J connectivity index is 1.70. The second kappa shape index (κ2) is 5.93. The SMILES string of the molecule is CN(C)c1ncccc1C(=O)NCc1ccc2c(c1)OCO2. The van der Waals surface area contributed by atoms with Crippen molar-refractivity contribution in [3.05, 3.63) is 47.7 Å². The number of aromatic nitrogens is 1. The molecule has 0 unspecified atom stereocenters. The highest BCUT2D eigenvalue weighted by Gasteiger charge is 2.15. The summed E-state index contributed by atoms with van der Waals surface area (Å²) >= 11 is 0. The minimum absolute atomic E-state index is 0.158. The zero-order valence-electron chi connectivity index (χ0n) is 12.5. The summed E-state index contributed by atoms with van der Waals surface area (Å²) in [6, 6.07) is 9.14. The third-order valence-electron chi connectivity index (χ3n) is 3.34. The molecule has 0 atom stereocenters. The smallest absolute Gasteiger partial charge is 0.255 e. The summed E-state index contributed by atoms with van der Waals surface area (Å²) in [5, 5.41) is 2.90. The number of rotatable bonds is 4. The van der Waals surface area contributed by atoms with Crippen molar-refractivity contribution in [3.63, 3.8) is 0 Å². The molecule has 0 radical (unpaired) electrons. The van der Waals surface area contributed by atoms with Crippen LogP contribution in [0, 0.1) is 0 Å². The molecule has 1 aliphatic heterocycles. The van der Waals surface area contributed by atoms with Crippen molar-refractivity contribution in [1.29, 1.82) is 0 Å². The van der Waals surface area contributed by atoms with Crippen LogP contribution in [0.5, 0.6) is 11.5 Å². The molecule has 2 aromatic rings. The van der Waals surface area contributed by atoms with Crippen molar-refractivity contribution in [2.24, 2.45) is 0 Å². The van der Waals surface area contributed by atoms with Crippen LogP contribution in [0.15, 0.2) is 36.5 Å². The molecule has 114 valence electrons. The first-order valence-corrected chi connectivity index (χ1v) is 6.94. The molecule has 1 aromatic carbocycles. The molecular weight excluding hydrogens is 282 g/mol. The summed E-state index contributed by atoms with van der Waals surface area (Å²) in [6.45, 7) is 0.657. The standard InChI is InChI=1S/C16H17N3O3/c1-19(2)15-12(4-3-7-17-15)16(20)18-9-11-5-6-13-14(8-11)22-10-21-13/h3-8H,9-10H2,1-2H3,(H,18,20). The Morgan fingerprint density at radius 2 is 2.09 bits per heavy atom. The van der Waals surface area contributed by atoms with Gasteiger partial charge in [-0.05, 0) is 29.8 Å². The highest BCUT2D eigenvalue weighted by Crippen LogP contribution is 2.32. The average molecular weight is 299 g/mol. The van der Waals surface area contributed by atoms with E-state index in [1.165, 1.54) is 0 Å². The van der Waals surface area contributed by atoms with Gasteiger partial charge in [-0.3, -0.25) is 4.79 Å². The van der Waals surface area contributed by atoms with Gasteiger partial charge in [0.2, 0.25) is 6.79 Å². The number of carbonyl (C=O) groups is 1. The number of carbonyl (C=O) groups excluding carboxylic acids is 1. The lowest BCUT2D eigenvalue weighted by Gasteiger charge is -2.15. The molecule has 1 aromatic heterocycles. The maximum absolute atomic E-state index is 12.3. The number of anilines is 1.